The monoisotopic (exact) mass is 1010 g/mol. The Kier molecular flexibility index (Phi) is 20.1. The first kappa shape index (κ1) is 53.4. The summed E-state index contributed by atoms with van der Waals surface area (Å²) >= 11 is 8.37. The van der Waals surface area contributed by atoms with Gasteiger partial charge in [0.2, 0.25) is 0 Å². The average molecular weight is 1010 g/mol. The number of fused-ring (bicyclic) bond motifs is 6. The fourth-order valence-corrected chi connectivity index (χ4v) is 17.6. The summed E-state index contributed by atoms with van der Waals surface area (Å²) in [7, 11) is 0. The Hall–Kier alpha value is -2.90. The third kappa shape index (κ3) is 12.0. The van der Waals surface area contributed by atoms with Crippen LogP contribution in [0.25, 0.3) is 51.8 Å². The van der Waals surface area contributed by atoms with Gasteiger partial charge >= 0.3 is 0 Å². The molecular weight excluding hydrogens is 925 g/mol. The second-order valence-corrected chi connectivity index (χ2v) is 25.9. The maximum atomic E-state index is 5.05. The van der Waals surface area contributed by atoms with E-state index in [2.05, 4.69) is 135 Å². The van der Waals surface area contributed by atoms with Crippen LogP contribution in [0.5, 0.6) is 0 Å². The highest BCUT2D eigenvalue weighted by atomic mass is 32.1. The van der Waals surface area contributed by atoms with Crippen LogP contribution in [-0.2, 0) is 23.7 Å². The summed E-state index contributed by atoms with van der Waals surface area (Å²) in [5.74, 6) is 0. The number of thiophene rings is 4. The molecular formula is C64H88N2S4. The molecule has 0 saturated carbocycles. The maximum Gasteiger partial charge on any atom is 0.0892 e. The van der Waals surface area contributed by atoms with Crippen LogP contribution in [0.2, 0.25) is 0 Å². The number of hydrogen-bond acceptors (Lipinski definition) is 6. The van der Waals surface area contributed by atoms with Crippen LogP contribution in [0.15, 0.2) is 60.9 Å². The third-order valence-electron chi connectivity index (χ3n) is 16.2. The van der Waals surface area contributed by atoms with Gasteiger partial charge in [0.05, 0.1) is 11.4 Å². The summed E-state index contributed by atoms with van der Waals surface area (Å²) in [6, 6.07) is 19.9. The standard InChI is InChI=1S/C64H88N2S4/c1-7-13-19-25-31-49-43-51-59(67-49)61-53(63(51,35-27-21-15-9-3)36-28-22-16-10-4)45-57(69-61)47-33-39-65-55(41-47)56-42-48(34-40-66-56)58-46-54-62(70-58)60-52(44-50(68-60)32-26-20-14-8-2)64(54,37-29-23-17-11-5)38-30-24-18-12-6/h33-34,39-46H,7-32,35-38H2,1-6H3. The summed E-state index contributed by atoms with van der Waals surface area (Å²) in [4.78, 5) is 22.4. The largest absolute Gasteiger partial charge is 0.255 e. The molecule has 2 aliphatic carbocycles. The van der Waals surface area contributed by atoms with Gasteiger partial charge in [-0.1, -0.05) is 183 Å². The molecule has 2 nitrogen and oxygen atoms in total. The first-order valence-corrected chi connectivity index (χ1v) is 32.2. The Bertz CT molecular complexity index is 2330. The smallest absolute Gasteiger partial charge is 0.0892 e. The van der Waals surface area contributed by atoms with E-state index >= 15 is 0 Å². The molecule has 6 aromatic rings. The summed E-state index contributed by atoms with van der Waals surface area (Å²) in [6.07, 6.45) is 43.4. The maximum absolute atomic E-state index is 5.05. The Morgan fingerprint density at radius 3 is 1.00 bits per heavy atom. The number of unbranched alkanes of at least 4 members (excludes halogenated alkanes) is 18. The predicted octanol–water partition coefficient (Wildman–Crippen LogP) is 22.4. The van der Waals surface area contributed by atoms with Crippen molar-refractivity contribution in [2.45, 2.75) is 245 Å². The quantitative estimate of drug-likeness (QED) is 0.0384. The van der Waals surface area contributed by atoms with Crippen molar-refractivity contribution >= 4 is 45.3 Å². The van der Waals surface area contributed by atoms with Crippen LogP contribution in [0.3, 0.4) is 0 Å². The summed E-state index contributed by atoms with van der Waals surface area (Å²) in [5, 5.41) is 0. The van der Waals surface area contributed by atoms with E-state index in [1.54, 1.807) is 51.5 Å². The lowest BCUT2D eigenvalue weighted by molar-refractivity contribution is 0.402. The molecule has 6 heterocycles. The summed E-state index contributed by atoms with van der Waals surface area (Å²) < 4.78 is 0. The van der Waals surface area contributed by atoms with Crippen molar-refractivity contribution in [1.82, 2.24) is 9.97 Å². The van der Waals surface area contributed by atoms with Gasteiger partial charge in [0.15, 0.2) is 0 Å². The van der Waals surface area contributed by atoms with Gasteiger partial charge in [-0.25, -0.2) is 0 Å². The second kappa shape index (κ2) is 26.4. The van der Waals surface area contributed by atoms with Crippen molar-refractivity contribution in [2.24, 2.45) is 0 Å². The van der Waals surface area contributed by atoms with Crippen molar-refractivity contribution in [3.8, 4) is 51.8 Å². The van der Waals surface area contributed by atoms with Crippen LogP contribution in [0.4, 0.5) is 0 Å². The van der Waals surface area contributed by atoms with Gasteiger partial charge in [0, 0.05) is 62.2 Å². The van der Waals surface area contributed by atoms with E-state index in [1.165, 1.54) is 214 Å². The molecule has 0 N–H and O–H groups in total. The predicted molar refractivity (Wildman–Crippen MR) is 313 cm³/mol. The van der Waals surface area contributed by atoms with E-state index < -0.39 is 0 Å². The number of hydrogen-bond donors (Lipinski definition) is 0. The Morgan fingerprint density at radius 1 is 0.343 bits per heavy atom. The minimum atomic E-state index is 0.133. The SMILES string of the molecule is CCCCCCc1cc2c(s1)-c1sc(-c3ccnc(-c4cc(-c5cc6c(s5)-c5sc(CCCCCC)cc5C6(CCCCCC)CCCCCC)ccn4)c3)cc1C2(CCCCCC)CCCCCC. The normalized spacial score (nSPS) is 14.1. The van der Waals surface area contributed by atoms with Crippen molar-refractivity contribution in [3.05, 3.63) is 92.9 Å². The minimum absolute atomic E-state index is 0.133. The number of rotatable bonds is 33. The zero-order valence-corrected chi connectivity index (χ0v) is 47.8. The molecule has 0 radical (unpaired) electrons. The minimum Gasteiger partial charge on any atom is -0.255 e. The highest BCUT2D eigenvalue weighted by Crippen LogP contribution is 2.62. The Balaban J connectivity index is 1.12. The van der Waals surface area contributed by atoms with Crippen molar-refractivity contribution < 1.29 is 0 Å². The van der Waals surface area contributed by atoms with E-state index in [0.29, 0.717) is 0 Å². The lowest BCUT2D eigenvalue weighted by atomic mass is 9.71. The molecule has 6 heteroatoms. The number of aromatic nitrogens is 2. The van der Waals surface area contributed by atoms with Crippen LogP contribution in [0, 0.1) is 0 Å². The molecule has 0 saturated heterocycles. The molecule has 0 aromatic carbocycles. The lowest BCUT2D eigenvalue weighted by Crippen LogP contribution is -2.25. The zero-order valence-electron chi connectivity index (χ0n) is 44.5. The number of aryl methyl sites for hydroxylation is 2. The van der Waals surface area contributed by atoms with Crippen LogP contribution >= 0.6 is 45.3 Å². The number of nitrogens with zero attached hydrogens (tertiary/aromatic N) is 2. The molecule has 0 spiro atoms. The average Bonchev–Trinajstić information content (AvgIpc) is 4.25. The summed E-state index contributed by atoms with van der Waals surface area (Å²) in [6.45, 7) is 14.1. The van der Waals surface area contributed by atoms with Crippen molar-refractivity contribution in [3.63, 3.8) is 0 Å². The first-order chi connectivity index (χ1) is 34.4. The molecule has 0 amide bonds. The van der Waals surface area contributed by atoms with E-state index in [4.69, 9.17) is 9.97 Å². The second-order valence-electron chi connectivity index (χ2n) is 21.5. The fourth-order valence-electron chi connectivity index (χ4n) is 12.2. The number of pyridine rings is 2. The zero-order chi connectivity index (χ0) is 48.8. The van der Waals surface area contributed by atoms with Gasteiger partial charge < -0.3 is 0 Å². The highest BCUT2D eigenvalue weighted by Gasteiger charge is 2.47. The fraction of sp³-hybridized carbons (Fsp3) is 0.594. The van der Waals surface area contributed by atoms with E-state index in [9.17, 15) is 0 Å². The summed E-state index contributed by atoms with van der Waals surface area (Å²) in [5.41, 5.74) is 11.4. The van der Waals surface area contributed by atoms with Crippen molar-refractivity contribution in [2.75, 3.05) is 0 Å². The van der Waals surface area contributed by atoms with Gasteiger partial charge in [-0.3, -0.25) is 9.97 Å². The van der Waals surface area contributed by atoms with Crippen LogP contribution in [0.1, 0.15) is 253 Å². The molecule has 0 unspecified atom stereocenters. The van der Waals surface area contributed by atoms with Crippen molar-refractivity contribution in [1.29, 1.82) is 0 Å². The Labute approximate surface area is 442 Å². The molecule has 0 fully saturated rings. The van der Waals surface area contributed by atoms with Gasteiger partial charge in [-0.05, 0) is 133 Å². The van der Waals surface area contributed by atoms with Crippen LogP contribution in [-0.4, -0.2) is 9.97 Å². The van der Waals surface area contributed by atoms with Gasteiger partial charge in [-0.15, -0.1) is 45.3 Å². The molecule has 378 valence electrons. The highest BCUT2D eigenvalue weighted by molar-refractivity contribution is 7.25. The van der Waals surface area contributed by atoms with Gasteiger partial charge in [-0.2, -0.15) is 0 Å². The van der Waals surface area contributed by atoms with Gasteiger partial charge in [0.25, 0.3) is 0 Å². The van der Waals surface area contributed by atoms with Gasteiger partial charge in [0.1, 0.15) is 0 Å². The molecule has 70 heavy (non-hydrogen) atoms. The van der Waals surface area contributed by atoms with E-state index in [1.807, 2.05) is 12.4 Å². The molecule has 6 aromatic heterocycles. The topological polar surface area (TPSA) is 25.8 Å². The lowest BCUT2D eigenvalue weighted by Gasteiger charge is -2.31. The Morgan fingerprint density at radius 2 is 0.657 bits per heavy atom. The molecule has 0 atom stereocenters. The van der Waals surface area contributed by atoms with Crippen LogP contribution < -0.4 is 0 Å². The first-order valence-electron chi connectivity index (χ1n) is 28.9. The molecule has 2 aliphatic rings. The van der Waals surface area contributed by atoms with E-state index in [-0.39, 0.29) is 10.8 Å². The third-order valence-corrected chi connectivity index (χ3v) is 21.3. The molecule has 0 bridgehead atoms. The molecule has 8 rings (SSSR count). The van der Waals surface area contributed by atoms with E-state index in [0.717, 1.165) is 11.4 Å². The molecule has 0 aliphatic heterocycles.